The predicted molar refractivity (Wildman–Crippen MR) is 62.0 cm³/mol. The van der Waals surface area contributed by atoms with E-state index in [1.165, 1.54) is 25.6 Å². The first-order valence-corrected chi connectivity index (χ1v) is 5.09. The van der Waals surface area contributed by atoms with Crippen LogP contribution in [0.1, 0.15) is 19.3 Å². The zero-order chi connectivity index (χ0) is 10.4. The van der Waals surface area contributed by atoms with Crippen LogP contribution in [0.15, 0.2) is 22.8 Å². The maximum Gasteiger partial charge on any atom is 0.127 e. The molecule has 0 aliphatic carbocycles. The molecule has 3 heteroatoms. The van der Waals surface area contributed by atoms with Gasteiger partial charge in [0, 0.05) is 19.2 Å². The van der Waals surface area contributed by atoms with E-state index in [9.17, 15) is 0 Å². The van der Waals surface area contributed by atoms with Crippen molar-refractivity contribution in [2.45, 2.75) is 19.3 Å². The molecule has 0 aromatic rings. The molecular formula is C11H19N3. The Morgan fingerprint density at radius 1 is 1.64 bits per heavy atom. The summed E-state index contributed by atoms with van der Waals surface area (Å²) in [6, 6.07) is 0. The molecule has 1 rings (SSSR count). The van der Waals surface area contributed by atoms with Gasteiger partial charge >= 0.3 is 0 Å². The van der Waals surface area contributed by atoms with Gasteiger partial charge in [0.1, 0.15) is 5.84 Å². The third-order valence-electron chi connectivity index (χ3n) is 2.62. The average molecular weight is 193 g/mol. The van der Waals surface area contributed by atoms with E-state index in [4.69, 9.17) is 0 Å². The molecule has 0 radical (unpaired) electrons. The molecule has 3 nitrogen and oxygen atoms in total. The maximum atomic E-state index is 4.09. The highest BCUT2D eigenvalue weighted by atomic mass is 15.1. The Hall–Kier alpha value is -0.960. The first kappa shape index (κ1) is 11.1. The van der Waals surface area contributed by atoms with Crippen LogP contribution in [0, 0.1) is 5.92 Å². The first-order valence-electron chi connectivity index (χ1n) is 5.09. The molecule has 0 saturated carbocycles. The Balaban J connectivity index is 2.45. The lowest BCUT2D eigenvalue weighted by Gasteiger charge is -2.29. The van der Waals surface area contributed by atoms with Gasteiger partial charge in [-0.2, -0.15) is 0 Å². The highest BCUT2D eigenvalue weighted by molar-refractivity contribution is 5.86. The van der Waals surface area contributed by atoms with E-state index in [-0.39, 0.29) is 0 Å². The Bertz CT molecular complexity index is 233. The number of likely N-dealkylation sites (tertiary alicyclic amines) is 1. The average Bonchev–Trinajstić information content (AvgIpc) is 2.17. The maximum absolute atomic E-state index is 4.09. The predicted octanol–water partition coefficient (Wildman–Crippen LogP) is 1.96. The van der Waals surface area contributed by atoms with Gasteiger partial charge < -0.3 is 4.90 Å². The Morgan fingerprint density at radius 3 is 3.00 bits per heavy atom. The molecule has 1 saturated heterocycles. The van der Waals surface area contributed by atoms with Gasteiger partial charge in [0.2, 0.25) is 0 Å². The summed E-state index contributed by atoms with van der Waals surface area (Å²) in [5, 5.41) is 0. The quantitative estimate of drug-likeness (QED) is 0.497. The van der Waals surface area contributed by atoms with E-state index in [0.717, 1.165) is 18.8 Å². The van der Waals surface area contributed by atoms with Crippen LogP contribution in [0.25, 0.3) is 0 Å². The molecule has 1 heterocycles. The van der Waals surface area contributed by atoms with Crippen molar-refractivity contribution in [3.63, 3.8) is 0 Å². The van der Waals surface area contributed by atoms with Gasteiger partial charge in [0.25, 0.3) is 0 Å². The fourth-order valence-electron chi connectivity index (χ4n) is 1.96. The summed E-state index contributed by atoms with van der Waals surface area (Å²) < 4.78 is 0. The number of hydrogen-bond acceptors (Lipinski definition) is 2. The van der Waals surface area contributed by atoms with Gasteiger partial charge in [-0.3, -0.25) is 0 Å². The molecule has 1 aliphatic heterocycles. The Morgan fingerprint density at radius 2 is 2.43 bits per heavy atom. The molecule has 0 spiro atoms. The number of amidine groups is 1. The van der Waals surface area contributed by atoms with Crippen molar-refractivity contribution < 1.29 is 0 Å². The molecule has 14 heavy (non-hydrogen) atoms. The molecule has 0 aromatic carbocycles. The number of hydrogen-bond donors (Lipinski definition) is 0. The van der Waals surface area contributed by atoms with E-state index in [1.807, 2.05) is 0 Å². The second kappa shape index (κ2) is 5.70. The summed E-state index contributed by atoms with van der Waals surface area (Å²) in [7, 11) is 2.16. The molecule has 1 aliphatic rings. The first-order chi connectivity index (χ1) is 6.76. The lowest BCUT2D eigenvalue weighted by Crippen LogP contribution is -2.32. The second-order valence-corrected chi connectivity index (χ2v) is 3.86. The largest absolute Gasteiger partial charge is 0.306 e. The van der Waals surface area contributed by atoms with Gasteiger partial charge in [-0.1, -0.05) is 6.58 Å². The van der Waals surface area contributed by atoms with Crippen molar-refractivity contribution in [2.24, 2.45) is 15.9 Å². The van der Waals surface area contributed by atoms with E-state index in [0.29, 0.717) is 5.92 Å². The fraction of sp³-hybridized carbons (Fsp3) is 0.636. The van der Waals surface area contributed by atoms with Crippen molar-refractivity contribution in [1.29, 1.82) is 0 Å². The van der Waals surface area contributed by atoms with Gasteiger partial charge in [-0.25, -0.2) is 9.98 Å². The topological polar surface area (TPSA) is 28.0 Å². The molecular weight excluding hydrogens is 174 g/mol. The van der Waals surface area contributed by atoms with E-state index in [2.05, 4.69) is 35.2 Å². The van der Waals surface area contributed by atoms with Crippen LogP contribution in [0.2, 0.25) is 0 Å². The SMILES string of the molecule is C=CN=C(CC1CCCN(C)C1)N=C. The van der Waals surface area contributed by atoms with E-state index < -0.39 is 0 Å². The molecule has 0 bridgehead atoms. The zero-order valence-electron chi connectivity index (χ0n) is 8.95. The number of nitrogens with zero attached hydrogens (tertiary/aromatic N) is 3. The number of aliphatic imine (C=N–C) groups is 2. The smallest absolute Gasteiger partial charge is 0.127 e. The molecule has 78 valence electrons. The van der Waals surface area contributed by atoms with Crippen LogP contribution in [0.4, 0.5) is 0 Å². The summed E-state index contributed by atoms with van der Waals surface area (Å²) in [4.78, 5) is 10.4. The Labute approximate surface area is 86.2 Å². The summed E-state index contributed by atoms with van der Waals surface area (Å²) >= 11 is 0. The lowest BCUT2D eigenvalue weighted by molar-refractivity contribution is 0.214. The highest BCUT2D eigenvalue weighted by Crippen LogP contribution is 2.19. The van der Waals surface area contributed by atoms with Crippen molar-refractivity contribution >= 4 is 12.6 Å². The van der Waals surface area contributed by atoms with Crippen LogP contribution >= 0.6 is 0 Å². The lowest BCUT2D eigenvalue weighted by atomic mass is 9.95. The Kier molecular flexibility index (Phi) is 4.53. The minimum Gasteiger partial charge on any atom is -0.306 e. The van der Waals surface area contributed by atoms with Crippen LogP contribution < -0.4 is 0 Å². The molecule has 1 fully saturated rings. The minimum absolute atomic E-state index is 0.679. The van der Waals surface area contributed by atoms with Crippen LogP contribution in [-0.4, -0.2) is 37.6 Å². The molecule has 0 amide bonds. The fourth-order valence-corrected chi connectivity index (χ4v) is 1.96. The van der Waals surface area contributed by atoms with Crippen molar-refractivity contribution in [1.82, 2.24) is 4.90 Å². The summed E-state index contributed by atoms with van der Waals surface area (Å²) in [6.45, 7) is 9.45. The molecule has 1 atom stereocenters. The number of rotatable bonds is 3. The highest BCUT2D eigenvalue weighted by Gasteiger charge is 2.18. The third kappa shape index (κ3) is 3.42. The van der Waals surface area contributed by atoms with Gasteiger partial charge in [-0.05, 0) is 39.1 Å². The van der Waals surface area contributed by atoms with Crippen molar-refractivity contribution in [3.8, 4) is 0 Å². The number of piperidine rings is 1. The van der Waals surface area contributed by atoms with E-state index in [1.54, 1.807) is 0 Å². The summed E-state index contributed by atoms with van der Waals surface area (Å²) in [5.74, 6) is 1.50. The second-order valence-electron chi connectivity index (χ2n) is 3.86. The van der Waals surface area contributed by atoms with Crippen molar-refractivity contribution in [2.75, 3.05) is 20.1 Å². The minimum atomic E-state index is 0.679. The molecule has 1 unspecified atom stereocenters. The standard InChI is InChI=1S/C11H19N3/c1-4-13-11(12-2)8-10-6-5-7-14(3)9-10/h4,10H,1-2,5-9H2,3H3. The van der Waals surface area contributed by atoms with Crippen LogP contribution in [-0.2, 0) is 0 Å². The third-order valence-corrected chi connectivity index (χ3v) is 2.62. The molecule has 0 aromatic heterocycles. The van der Waals surface area contributed by atoms with Gasteiger partial charge in [0.05, 0.1) is 0 Å². The monoisotopic (exact) mass is 193 g/mol. The van der Waals surface area contributed by atoms with Crippen LogP contribution in [0.3, 0.4) is 0 Å². The molecule has 0 N–H and O–H groups in total. The zero-order valence-corrected chi connectivity index (χ0v) is 8.95. The van der Waals surface area contributed by atoms with Crippen molar-refractivity contribution in [3.05, 3.63) is 12.8 Å². The van der Waals surface area contributed by atoms with E-state index >= 15 is 0 Å². The van der Waals surface area contributed by atoms with Gasteiger partial charge in [0.15, 0.2) is 0 Å². The van der Waals surface area contributed by atoms with Gasteiger partial charge in [-0.15, -0.1) is 0 Å². The van der Waals surface area contributed by atoms with Crippen LogP contribution in [0.5, 0.6) is 0 Å². The normalized spacial score (nSPS) is 24.6. The summed E-state index contributed by atoms with van der Waals surface area (Å²) in [6.07, 6.45) is 5.02. The summed E-state index contributed by atoms with van der Waals surface area (Å²) in [5.41, 5.74) is 0.